The number of fused-ring (bicyclic) bond motifs is 1. The molecule has 2 aliphatic rings. The highest BCUT2D eigenvalue weighted by molar-refractivity contribution is 5.89. The van der Waals surface area contributed by atoms with Crippen molar-refractivity contribution in [2.45, 2.75) is 0 Å². The summed E-state index contributed by atoms with van der Waals surface area (Å²) in [6, 6.07) is 6.92. The first-order valence-corrected chi connectivity index (χ1v) is 9.61. The van der Waals surface area contributed by atoms with Gasteiger partial charge in [-0.1, -0.05) is 0 Å². The number of aromatic nitrogens is 2. The number of rotatable bonds is 6. The molecule has 0 bridgehead atoms. The number of benzene rings is 1. The molecule has 0 aliphatic carbocycles. The zero-order chi connectivity index (χ0) is 19.9. The Bertz CT molecular complexity index is 843. The van der Waals surface area contributed by atoms with E-state index in [4.69, 9.17) is 14.2 Å². The Hall–Kier alpha value is -3.27. The third-order valence-electron chi connectivity index (χ3n) is 4.50. The number of hydrogen-bond donors (Lipinski definition) is 3. The monoisotopic (exact) mass is 400 g/mol. The highest BCUT2D eigenvalue weighted by atomic mass is 16.6. The molecular formula is C19H24N6O4. The summed E-state index contributed by atoms with van der Waals surface area (Å²) < 4.78 is 16.4. The van der Waals surface area contributed by atoms with Crippen molar-refractivity contribution < 1.29 is 19.0 Å². The molecule has 0 atom stereocenters. The Kier molecular flexibility index (Phi) is 6.10. The van der Waals surface area contributed by atoms with Crippen LogP contribution in [0, 0.1) is 0 Å². The van der Waals surface area contributed by atoms with Gasteiger partial charge >= 0.3 is 6.03 Å². The van der Waals surface area contributed by atoms with Crippen LogP contribution in [0.1, 0.15) is 0 Å². The van der Waals surface area contributed by atoms with Gasteiger partial charge in [0.05, 0.1) is 13.2 Å². The molecule has 29 heavy (non-hydrogen) atoms. The van der Waals surface area contributed by atoms with E-state index >= 15 is 0 Å². The molecule has 10 nitrogen and oxygen atoms in total. The standard InChI is InChI=1S/C19H24N6O4/c26-19(24-14-1-2-15-16(11-14)29-10-9-28-15)21-4-3-20-17-12-18(23-13-22-17)25-5-7-27-8-6-25/h1-2,11-13H,3-10H2,(H,20,22,23)(H2,21,24,26). The van der Waals surface area contributed by atoms with E-state index < -0.39 is 0 Å². The molecule has 154 valence electrons. The topological polar surface area (TPSA) is 110 Å². The number of nitrogens with zero attached hydrogens (tertiary/aromatic N) is 3. The number of carbonyl (C=O) groups excluding carboxylic acids is 1. The van der Waals surface area contributed by atoms with E-state index in [1.165, 1.54) is 6.33 Å². The van der Waals surface area contributed by atoms with Gasteiger partial charge in [-0.05, 0) is 12.1 Å². The molecule has 1 aromatic heterocycles. The van der Waals surface area contributed by atoms with E-state index in [0.29, 0.717) is 56.7 Å². The van der Waals surface area contributed by atoms with Crippen molar-refractivity contribution in [1.82, 2.24) is 15.3 Å². The molecule has 10 heteroatoms. The number of ether oxygens (including phenoxy) is 3. The molecule has 0 unspecified atom stereocenters. The van der Waals surface area contributed by atoms with Gasteiger partial charge in [-0.25, -0.2) is 14.8 Å². The maximum absolute atomic E-state index is 12.1. The fourth-order valence-electron chi connectivity index (χ4n) is 3.07. The van der Waals surface area contributed by atoms with E-state index in [9.17, 15) is 4.79 Å². The summed E-state index contributed by atoms with van der Waals surface area (Å²) in [5.41, 5.74) is 0.644. The van der Waals surface area contributed by atoms with Crippen LogP contribution in [0.15, 0.2) is 30.6 Å². The van der Waals surface area contributed by atoms with Crippen molar-refractivity contribution in [2.75, 3.05) is 68.1 Å². The average Bonchev–Trinajstić information content (AvgIpc) is 2.77. The van der Waals surface area contributed by atoms with Crippen LogP contribution >= 0.6 is 0 Å². The van der Waals surface area contributed by atoms with Gasteiger partial charge in [-0.15, -0.1) is 0 Å². The minimum absolute atomic E-state index is 0.292. The summed E-state index contributed by atoms with van der Waals surface area (Å²) in [7, 11) is 0. The zero-order valence-corrected chi connectivity index (χ0v) is 16.0. The molecule has 1 saturated heterocycles. The zero-order valence-electron chi connectivity index (χ0n) is 16.0. The molecule has 0 saturated carbocycles. The van der Waals surface area contributed by atoms with E-state index in [1.807, 2.05) is 6.07 Å². The van der Waals surface area contributed by atoms with Crippen molar-refractivity contribution in [3.63, 3.8) is 0 Å². The van der Waals surface area contributed by atoms with Crippen LogP contribution in [0.2, 0.25) is 0 Å². The van der Waals surface area contributed by atoms with E-state index in [0.717, 1.165) is 24.7 Å². The molecule has 0 radical (unpaired) electrons. The van der Waals surface area contributed by atoms with Crippen LogP contribution in [0.5, 0.6) is 11.5 Å². The van der Waals surface area contributed by atoms with Gasteiger partial charge in [0.2, 0.25) is 0 Å². The molecule has 4 rings (SSSR count). The second kappa shape index (κ2) is 9.28. The Morgan fingerprint density at radius 1 is 1.00 bits per heavy atom. The van der Waals surface area contributed by atoms with Crippen LogP contribution in [0.4, 0.5) is 22.1 Å². The number of carbonyl (C=O) groups is 1. The molecule has 2 amide bonds. The lowest BCUT2D eigenvalue weighted by Gasteiger charge is -2.27. The summed E-state index contributed by atoms with van der Waals surface area (Å²) in [6.07, 6.45) is 1.54. The first-order chi connectivity index (χ1) is 14.3. The SMILES string of the molecule is O=C(NCCNc1cc(N2CCOCC2)ncn1)Nc1ccc2c(c1)OCCO2. The highest BCUT2D eigenvalue weighted by Crippen LogP contribution is 2.32. The Balaban J connectivity index is 1.21. The predicted molar refractivity (Wildman–Crippen MR) is 108 cm³/mol. The predicted octanol–water partition coefficient (Wildman–Crippen LogP) is 1.32. The summed E-state index contributed by atoms with van der Waals surface area (Å²) in [6.45, 7) is 5.06. The largest absolute Gasteiger partial charge is 0.486 e. The van der Waals surface area contributed by atoms with Crippen LogP contribution in [0.3, 0.4) is 0 Å². The molecule has 1 aromatic carbocycles. The van der Waals surface area contributed by atoms with Gasteiger partial charge in [-0.2, -0.15) is 0 Å². The van der Waals surface area contributed by atoms with E-state index in [-0.39, 0.29) is 6.03 Å². The lowest BCUT2D eigenvalue weighted by Crippen LogP contribution is -2.36. The van der Waals surface area contributed by atoms with Gasteiger partial charge in [0.15, 0.2) is 11.5 Å². The van der Waals surface area contributed by atoms with Crippen molar-refractivity contribution >= 4 is 23.4 Å². The number of urea groups is 1. The molecule has 0 spiro atoms. The van der Waals surface area contributed by atoms with E-state index in [1.54, 1.807) is 18.2 Å². The maximum atomic E-state index is 12.1. The number of nitrogens with one attached hydrogen (secondary N) is 3. The highest BCUT2D eigenvalue weighted by Gasteiger charge is 2.14. The first-order valence-electron chi connectivity index (χ1n) is 9.61. The summed E-state index contributed by atoms with van der Waals surface area (Å²) >= 11 is 0. The van der Waals surface area contributed by atoms with Gasteiger partial charge in [-0.3, -0.25) is 0 Å². The second-order valence-electron chi connectivity index (χ2n) is 6.53. The fourth-order valence-corrected chi connectivity index (χ4v) is 3.07. The Morgan fingerprint density at radius 3 is 2.69 bits per heavy atom. The molecule has 1 fully saturated rings. The van der Waals surface area contributed by atoms with Gasteiger partial charge in [0, 0.05) is 44.0 Å². The summed E-state index contributed by atoms with van der Waals surface area (Å²) in [5, 5.41) is 8.79. The Morgan fingerprint density at radius 2 is 1.83 bits per heavy atom. The van der Waals surface area contributed by atoms with Crippen LogP contribution in [-0.4, -0.2) is 68.6 Å². The van der Waals surface area contributed by atoms with Crippen LogP contribution < -0.4 is 30.3 Å². The second-order valence-corrected chi connectivity index (χ2v) is 6.53. The van der Waals surface area contributed by atoms with Crippen molar-refractivity contribution in [3.05, 3.63) is 30.6 Å². The first kappa shape index (κ1) is 19.1. The third kappa shape index (κ3) is 5.17. The quantitative estimate of drug-likeness (QED) is 0.623. The van der Waals surface area contributed by atoms with Crippen molar-refractivity contribution in [1.29, 1.82) is 0 Å². The fraction of sp³-hybridized carbons (Fsp3) is 0.421. The van der Waals surface area contributed by atoms with Crippen LogP contribution in [0.25, 0.3) is 0 Å². The smallest absolute Gasteiger partial charge is 0.319 e. The van der Waals surface area contributed by atoms with Crippen molar-refractivity contribution in [3.8, 4) is 11.5 Å². The van der Waals surface area contributed by atoms with E-state index in [2.05, 4.69) is 30.8 Å². The average molecular weight is 400 g/mol. The number of amides is 2. The summed E-state index contributed by atoms with van der Waals surface area (Å²) in [4.78, 5) is 22.8. The molecule has 2 aliphatic heterocycles. The van der Waals surface area contributed by atoms with Gasteiger partial charge in [0.1, 0.15) is 31.2 Å². The van der Waals surface area contributed by atoms with Crippen LogP contribution in [-0.2, 0) is 4.74 Å². The van der Waals surface area contributed by atoms with Crippen molar-refractivity contribution in [2.24, 2.45) is 0 Å². The lowest BCUT2D eigenvalue weighted by molar-refractivity contribution is 0.122. The third-order valence-corrected chi connectivity index (χ3v) is 4.50. The summed E-state index contributed by atoms with van der Waals surface area (Å²) in [5.74, 6) is 2.91. The molecule has 3 N–H and O–H groups in total. The molecule has 2 aromatic rings. The van der Waals surface area contributed by atoms with Gasteiger partial charge < -0.3 is 35.1 Å². The minimum atomic E-state index is -0.292. The minimum Gasteiger partial charge on any atom is -0.486 e. The number of anilines is 3. The number of hydrogen-bond acceptors (Lipinski definition) is 8. The lowest BCUT2D eigenvalue weighted by atomic mass is 10.2. The number of morpholine rings is 1. The molecule has 3 heterocycles. The van der Waals surface area contributed by atoms with Gasteiger partial charge in [0.25, 0.3) is 0 Å². The normalized spacial score (nSPS) is 15.5. The molecular weight excluding hydrogens is 376 g/mol. The maximum Gasteiger partial charge on any atom is 0.319 e. The Labute approximate surface area is 168 Å².